The SMILES string of the molecule is C=C(COCC(F)(F)S(=O)(=O)O)C(=O)OC1C2CC3CC(=O)OC1C3C2. The zero-order valence-electron chi connectivity index (χ0n) is 13.6. The molecule has 3 fully saturated rings. The second-order valence-corrected chi connectivity index (χ2v) is 8.44. The van der Waals surface area contributed by atoms with Gasteiger partial charge in [-0.15, -0.1) is 0 Å². The van der Waals surface area contributed by atoms with Gasteiger partial charge in [0.15, 0.2) is 0 Å². The largest absolute Gasteiger partial charge is 0.458 e. The minimum absolute atomic E-state index is 0.0737. The van der Waals surface area contributed by atoms with Crippen LogP contribution in [0.1, 0.15) is 19.3 Å². The van der Waals surface area contributed by atoms with Gasteiger partial charge in [0.1, 0.15) is 18.8 Å². The Balaban J connectivity index is 1.51. The normalized spacial score (nSPS) is 33.0. The highest BCUT2D eigenvalue weighted by molar-refractivity contribution is 7.86. The fraction of sp³-hybridized carbons (Fsp3) is 0.733. The molecule has 0 radical (unpaired) electrons. The van der Waals surface area contributed by atoms with Gasteiger partial charge in [-0.3, -0.25) is 9.35 Å². The summed E-state index contributed by atoms with van der Waals surface area (Å²) in [6, 6.07) is 0. The summed E-state index contributed by atoms with van der Waals surface area (Å²) in [6.45, 7) is 1.04. The fourth-order valence-corrected chi connectivity index (χ4v) is 4.22. The number of rotatable bonds is 7. The number of carbonyl (C=O) groups excluding carboxylic acids is 2. The van der Waals surface area contributed by atoms with Gasteiger partial charge >= 0.3 is 27.3 Å². The van der Waals surface area contributed by atoms with Crippen molar-refractivity contribution in [1.82, 2.24) is 0 Å². The van der Waals surface area contributed by atoms with Crippen LogP contribution >= 0.6 is 0 Å². The highest BCUT2D eigenvalue weighted by Crippen LogP contribution is 2.54. The lowest BCUT2D eigenvalue weighted by Gasteiger charge is -2.38. The Morgan fingerprint density at radius 3 is 2.69 bits per heavy atom. The minimum Gasteiger partial charge on any atom is -0.458 e. The van der Waals surface area contributed by atoms with Crippen LogP contribution in [-0.2, 0) is 33.9 Å². The molecular weight excluding hydrogens is 378 g/mol. The van der Waals surface area contributed by atoms with Crippen LogP contribution in [0.5, 0.6) is 0 Å². The number of esters is 2. The van der Waals surface area contributed by atoms with Crippen LogP contribution in [0.3, 0.4) is 0 Å². The van der Waals surface area contributed by atoms with Gasteiger partial charge in [-0.1, -0.05) is 6.58 Å². The first-order valence-corrected chi connectivity index (χ1v) is 9.44. The van der Waals surface area contributed by atoms with E-state index in [1.807, 2.05) is 0 Å². The van der Waals surface area contributed by atoms with Crippen molar-refractivity contribution in [2.75, 3.05) is 13.2 Å². The predicted molar refractivity (Wildman–Crippen MR) is 80.5 cm³/mol. The molecule has 11 heteroatoms. The van der Waals surface area contributed by atoms with Gasteiger partial charge in [-0.05, 0) is 18.8 Å². The van der Waals surface area contributed by atoms with E-state index in [-0.39, 0.29) is 29.3 Å². The summed E-state index contributed by atoms with van der Waals surface area (Å²) in [5.74, 6) is -0.739. The van der Waals surface area contributed by atoms with Gasteiger partial charge in [-0.2, -0.15) is 17.2 Å². The van der Waals surface area contributed by atoms with E-state index >= 15 is 0 Å². The molecule has 0 aromatic rings. The van der Waals surface area contributed by atoms with E-state index in [9.17, 15) is 26.8 Å². The molecule has 1 N–H and O–H groups in total. The van der Waals surface area contributed by atoms with Crippen LogP contribution in [0.25, 0.3) is 0 Å². The number of ether oxygens (including phenoxy) is 3. The van der Waals surface area contributed by atoms with Gasteiger partial charge in [0.05, 0.1) is 12.2 Å². The monoisotopic (exact) mass is 396 g/mol. The van der Waals surface area contributed by atoms with E-state index < -0.39 is 46.8 Å². The second-order valence-electron chi connectivity index (χ2n) is 6.89. The summed E-state index contributed by atoms with van der Waals surface area (Å²) in [6.07, 6.45) is 0.827. The molecule has 5 unspecified atom stereocenters. The molecule has 0 spiro atoms. The first-order chi connectivity index (χ1) is 12.0. The van der Waals surface area contributed by atoms with Crippen LogP contribution in [0, 0.1) is 17.8 Å². The summed E-state index contributed by atoms with van der Waals surface area (Å²) >= 11 is 0. The summed E-state index contributed by atoms with van der Waals surface area (Å²) in [7, 11) is -5.61. The zero-order valence-corrected chi connectivity index (χ0v) is 14.4. The lowest BCUT2D eigenvalue weighted by Crippen LogP contribution is -2.47. The van der Waals surface area contributed by atoms with Gasteiger partial charge in [0.25, 0.3) is 0 Å². The molecular formula is C15H18F2O8S. The Morgan fingerprint density at radius 1 is 1.35 bits per heavy atom. The summed E-state index contributed by atoms with van der Waals surface area (Å²) < 4.78 is 70.4. The summed E-state index contributed by atoms with van der Waals surface area (Å²) in [5.41, 5.74) is -0.294. The Bertz CT molecular complexity index is 734. The van der Waals surface area contributed by atoms with Crippen LogP contribution in [0.2, 0.25) is 0 Å². The second kappa shape index (κ2) is 6.54. The number of hydrogen-bond donors (Lipinski definition) is 1. The maximum Gasteiger partial charge on any atom is 0.392 e. The lowest BCUT2D eigenvalue weighted by molar-refractivity contribution is -0.183. The third-order valence-corrected chi connectivity index (χ3v) is 6.02. The Hall–Kier alpha value is -1.59. The molecule has 5 atom stereocenters. The molecule has 2 aliphatic carbocycles. The van der Waals surface area contributed by atoms with E-state index in [2.05, 4.69) is 11.3 Å². The smallest absolute Gasteiger partial charge is 0.392 e. The molecule has 2 saturated carbocycles. The standard InChI is InChI=1S/C15H18F2O8S/c1-7(5-23-6-15(16,17)26(20,21)22)14(19)25-12-9-2-8-4-11(18)24-13(12)10(8)3-9/h8-10,12-13H,1-6H2,(H,20,21,22). The predicted octanol–water partition coefficient (Wildman–Crippen LogP) is 0.923. The molecule has 1 aliphatic heterocycles. The van der Waals surface area contributed by atoms with E-state index in [4.69, 9.17) is 14.0 Å². The summed E-state index contributed by atoms with van der Waals surface area (Å²) in [5, 5.41) is -4.49. The molecule has 3 rings (SSSR count). The van der Waals surface area contributed by atoms with Gasteiger partial charge < -0.3 is 14.2 Å². The zero-order chi connectivity index (χ0) is 19.3. The van der Waals surface area contributed by atoms with Crippen molar-refractivity contribution in [2.24, 2.45) is 17.8 Å². The van der Waals surface area contributed by atoms with Crippen LogP contribution in [0.15, 0.2) is 12.2 Å². The number of alkyl halides is 2. The first-order valence-electron chi connectivity index (χ1n) is 8.00. The fourth-order valence-electron chi connectivity index (χ4n) is 3.98. The molecule has 0 aromatic carbocycles. The number of hydrogen-bond acceptors (Lipinski definition) is 7. The molecule has 8 nitrogen and oxygen atoms in total. The van der Waals surface area contributed by atoms with Crippen molar-refractivity contribution in [3.05, 3.63) is 12.2 Å². The lowest BCUT2D eigenvalue weighted by atomic mass is 9.81. The quantitative estimate of drug-likeness (QED) is 0.384. The molecule has 2 bridgehead atoms. The van der Waals surface area contributed by atoms with Gasteiger partial charge in [0.2, 0.25) is 0 Å². The van der Waals surface area contributed by atoms with E-state index in [0.29, 0.717) is 6.42 Å². The molecule has 1 heterocycles. The Labute approximate surface area is 148 Å². The van der Waals surface area contributed by atoms with Crippen LogP contribution in [0.4, 0.5) is 8.78 Å². The van der Waals surface area contributed by atoms with Crippen LogP contribution in [-0.4, -0.2) is 55.6 Å². The first kappa shape index (κ1) is 19.2. The average molecular weight is 396 g/mol. The number of carbonyl (C=O) groups is 2. The minimum atomic E-state index is -5.61. The summed E-state index contributed by atoms with van der Waals surface area (Å²) in [4.78, 5) is 23.7. The van der Waals surface area contributed by atoms with E-state index in [0.717, 1.165) is 12.8 Å². The van der Waals surface area contributed by atoms with Crippen molar-refractivity contribution in [2.45, 2.75) is 36.7 Å². The number of fused-ring (bicyclic) bond motifs is 1. The highest BCUT2D eigenvalue weighted by atomic mass is 32.2. The van der Waals surface area contributed by atoms with Crippen LogP contribution < -0.4 is 0 Å². The highest BCUT2D eigenvalue weighted by Gasteiger charge is 2.59. The Morgan fingerprint density at radius 2 is 2.04 bits per heavy atom. The Kier molecular flexibility index (Phi) is 4.82. The molecule has 3 aliphatic rings. The average Bonchev–Trinajstić information content (AvgIpc) is 3.06. The van der Waals surface area contributed by atoms with Crippen molar-refractivity contribution in [3.8, 4) is 0 Å². The topological polar surface area (TPSA) is 116 Å². The third kappa shape index (κ3) is 3.47. The van der Waals surface area contributed by atoms with E-state index in [1.54, 1.807) is 0 Å². The molecule has 1 saturated heterocycles. The van der Waals surface area contributed by atoms with E-state index in [1.165, 1.54) is 0 Å². The molecule has 146 valence electrons. The third-order valence-electron chi connectivity index (χ3n) is 5.15. The van der Waals surface area contributed by atoms with Gasteiger partial charge in [0, 0.05) is 18.3 Å². The maximum absolute atomic E-state index is 13.0. The van der Waals surface area contributed by atoms with Gasteiger partial charge in [-0.25, -0.2) is 4.79 Å². The molecule has 0 amide bonds. The molecule has 0 aromatic heterocycles. The molecule has 26 heavy (non-hydrogen) atoms. The maximum atomic E-state index is 13.0. The van der Waals surface area contributed by atoms with Crippen molar-refractivity contribution >= 4 is 22.1 Å². The number of halogens is 2. The van der Waals surface area contributed by atoms with Crippen molar-refractivity contribution < 1.29 is 45.6 Å². The van der Waals surface area contributed by atoms with Crippen molar-refractivity contribution in [3.63, 3.8) is 0 Å². The van der Waals surface area contributed by atoms with Crippen molar-refractivity contribution in [1.29, 1.82) is 0 Å².